The van der Waals surface area contributed by atoms with E-state index in [4.69, 9.17) is 5.73 Å². The monoisotopic (exact) mass is 192 g/mol. The third kappa shape index (κ3) is 1.34. The van der Waals surface area contributed by atoms with E-state index in [1.165, 1.54) is 11.3 Å². The number of rotatable bonds is 2. The van der Waals surface area contributed by atoms with Crippen LogP contribution in [-0.4, -0.2) is 24.7 Å². The zero-order valence-corrected chi connectivity index (χ0v) is 8.40. The lowest BCUT2D eigenvalue weighted by atomic mass is 10.0. The number of hydrogen-bond donors (Lipinski definition) is 2. The van der Waals surface area contributed by atoms with E-state index in [9.17, 15) is 5.11 Å². The lowest BCUT2D eigenvalue weighted by Crippen LogP contribution is -2.23. The number of nitrogens with two attached hydrogens (primary N) is 1. The highest BCUT2D eigenvalue weighted by Gasteiger charge is 2.26. The van der Waals surface area contributed by atoms with Crippen LogP contribution in [0.15, 0.2) is 18.2 Å². The molecule has 0 aliphatic carbocycles. The van der Waals surface area contributed by atoms with E-state index >= 15 is 0 Å². The average Bonchev–Trinajstić information content (AvgIpc) is 2.55. The highest BCUT2D eigenvalue weighted by atomic mass is 16.3. The molecule has 1 heterocycles. The van der Waals surface area contributed by atoms with E-state index in [0.717, 1.165) is 13.1 Å². The van der Waals surface area contributed by atoms with Crippen LogP contribution in [0.5, 0.6) is 5.75 Å². The highest BCUT2D eigenvalue weighted by molar-refractivity contribution is 5.62. The zero-order chi connectivity index (χ0) is 10.1. The van der Waals surface area contributed by atoms with Gasteiger partial charge in [-0.2, -0.15) is 0 Å². The van der Waals surface area contributed by atoms with E-state index in [-0.39, 0.29) is 0 Å². The Morgan fingerprint density at radius 1 is 1.57 bits per heavy atom. The lowest BCUT2D eigenvalue weighted by Gasteiger charge is -2.16. The molecular formula is C11H16N2O. The molecule has 1 aromatic carbocycles. The summed E-state index contributed by atoms with van der Waals surface area (Å²) in [5, 5.41) is 9.41. The third-order valence-electron chi connectivity index (χ3n) is 2.90. The van der Waals surface area contributed by atoms with Gasteiger partial charge in [-0.05, 0) is 30.7 Å². The van der Waals surface area contributed by atoms with E-state index in [2.05, 4.69) is 11.8 Å². The molecule has 0 amide bonds. The fraction of sp³-hybridized carbons (Fsp3) is 0.455. The van der Waals surface area contributed by atoms with Crippen molar-refractivity contribution in [3.63, 3.8) is 0 Å². The van der Waals surface area contributed by atoms with Gasteiger partial charge in [-0.15, -0.1) is 0 Å². The normalized spacial score (nSPS) is 19.9. The Kier molecular flexibility index (Phi) is 2.33. The number of hydrogen-bond acceptors (Lipinski definition) is 3. The molecule has 3 N–H and O–H groups in total. The number of aromatic hydroxyl groups is 1. The minimum atomic E-state index is 0.333. The number of likely N-dealkylation sites (N-methyl/N-ethyl adjacent to an activating group) is 1. The largest absolute Gasteiger partial charge is 0.508 e. The van der Waals surface area contributed by atoms with Gasteiger partial charge in [-0.25, -0.2) is 0 Å². The topological polar surface area (TPSA) is 49.5 Å². The maximum absolute atomic E-state index is 9.41. The van der Waals surface area contributed by atoms with Crippen LogP contribution >= 0.6 is 0 Å². The van der Waals surface area contributed by atoms with Gasteiger partial charge in [0.15, 0.2) is 0 Å². The Hall–Kier alpha value is -1.22. The molecule has 1 aliphatic rings. The first-order chi connectivity index (χ1) is 6.76. The molecule has 0 spiro atoms. The van der Waals surface area contributed by atoms with Crippen LogP contribution in [0.3, 0.4) is 0 Å². The predicted octanol–water partition coefficient (Wildman–Crippen LogP) is 1.27. The van der Waals surface area contributed by atoms with Gasteiger partial charge in [0, 0.05) is 31.2 Å². The molecule has 14 heavy (non-hydrogen) atoms. The SMILES string of the molecule is CCN1CC(CN)c2cc(O)ccc21. The van der Waals surface area contributed by atoms with Crippen LogP contribution in [0, 0.1) is 0 Å². The summed E-state index contributed by atoms with van der Waals surface area (Å²) >= 11 is 0. The zero-order valence-electron chi connectivity index (χ0n) is 8.40. The van der Waals surface area contributed by atoms with Crippen LogP contribution < -0.4 is 10.6 Å². The van der Waals surface area contributed by atoms with Crippen LogP contribution in [0.25, 0.3) is 0 Å². The number of fused-ring (bicyclic) bond motifs is 1. The Balaban J connectivity index is 2.42. The number of benzene rings is 1. The van der Waals surface area contributed by atoms with Gasteiger partial charge < -0.3 is 15.7 Å². The number of phenols is 1. The van der Waals surface area contributed by atoms with Crippen LogP contribution in [0.4, 0.5) is 5.69 Å². The smallest absolute Gasteiger partial charge is 0.116 e. The van der Waals surface area contributed by atoms with Crippen LogP contribution in [0.2, 0.25) is 0 Å². The van der Waals surface area contributed by atoms with E-state index in [1.807, 2.05) is 12.1 Å². The second kappa shape index (κ2) is 3.50. The first-order valence-electron chi connectivity index (χ1n) is 5.04. The van der Waals surface area contributed by atoms with Gasteiger partial charge in [-0.3, -0.25) is 0 Å². The summed E-state index contributed by atoms with van der Waals surface area (Å²) in [6.07, 6.45) is 0. The molecule has 0 saturated heterocycles. The molecule has 76 valence electrons. The Morgan fingerprint density at radius 3 is 3.00 bits per heavy atom. The van der Waals surface area contributed by atoms with Crippen molar-refractivity contribution in [1.29, 1.82) is 0 Å². The van der Waals surface area contributed by atoms with Gasteiger partial charge in [0.05, 0.1) is 0 Å². The fourth-order valence-corrected chi connectivity index (χ4v) is 2.12. The van der Waals surface area contributed by atoms with Crippen LogP contribution in [0.1, 0.15) is 18.4 Å². The van der Waals surface area contributed by atoms with Gasteiger partial charge >= 0.3 is 0 Å². The number of phenolic OH excluding ortho intramolecular Hbond substituents is 1. The molecule has 1 atom stereocenters. The van der Waals surface area contributed by atoms with E-state index in [0.29, 0.717) is 18.2 Å². The molecule has 1 aromatic rings. The highest BCUT2D eigenvalue weighted by Crippen LogP contribution is 2.37. The van der Waals surface area contributed by atoms with Gasteiger partial charge in [0.2, 0.25) is 0 Å². The Bertz CT molecular complexity index is 338. The predicted molar refractivity (Wildman–Crippen MR) is 57.8 cm³/mol. The summed E-state index contributed by atoms with van der Waals surface area (Å²) in [6, 6.07) is 5.55. The maximum Gasteiger partial charge on any atom is 0.116 e. The van der Waals surface area contributed by atoms with E-state index < -0.39 is 0 Å². The van der Waals surface area contributed by atoms with Crippen molar-refractivity contribution in [3.8, 4) is 5.75 Å². The molecule has 0 aromatic heterocycles. The molecule has 0 bridgehead atoms. The second-order valence-electron chi connectivity index (χ2n) is 3.71. The van der Waals surface area contributed by atoms with Gasteiger partial charge in [0.25, 0.3) is 0 Å². The third-order valence-corrected chi connectivity index (χ3v) is 2.90. The summed E-state index contributed by atoms with van der Waals surface area (Å²) in [4.78, 5) is 2.30. The molecule has 3 nitrogen and oxygen atoms in total. The summed E-state index contributed by atoms with van der Waals surface area (Å²) in [7, 11) is 0. The average molecular weight is 192 g/mol. The van der Waals surface area contributed by atoms with E-state index in [1.54, 1.807) is 6.07 Å². The summed E-state index contributed by atoms with van der Waals surface area (Å²) in [5.74, 6) is 0.706. The Morgan fingerprint density at radius 2 is 2.36 bits per heavy atom. The molecule has 1 aliphatic heterocycles. The van der Waals surface area contributed by atoms with Crippen LogP contribution in [-0.2, 0) is 0 Å². The molecule has 0 fully saturated rings. The quantitative estimate of drug-likeness (QED) is 0.742. The van der Waals surface area contributed by atoms with Crippen molar-refractivity contribution in [2.45, 2.75) is 12.8 Å². The molecule has 2 rings (SSSR count). The minimum absolute atomic E-state index is 0.333. The van der Waals surface area contributed by atoms with Crippen molar-refractivity contribution >= 4 is 5.69 Å². The molecular weight excluding hydrogens is 176 g/mol. The Labute approximate surface area is 84.1 Å². The van der Waals surface area contributed by atoms with Crippen molar-refractivity contribution in [2.24, 2.45) is 5.73 Å². The number of anilines is 1. The summed E-state index contributed by atoms with van der Waals surface area (Å²) in [5.41, 5.74) is 8.12. The van der Waals surface area contributed by atoms with Crippen molar-refractivity contribution in [1.82, 2.24) is 0 Å². The maximum atomic E-state index is 9.41. The first-order valence-corrected chi connectivity index (χ1v) is 5.04. The fourth-order valence-electron chi connectivity index (χ4n) is 2.12. The van der Waals surface area contributed by atoms with Crippen molar-refractivity contribution < 1.29 is 5.11 Å². The van der Waals surface area contributed by atoms with Gasteiger partial charge in [-0.1, -0.05) is 0 Å². The lowest BCUT2D eigenvalue weighted by molar-refractivity contribution is 0.474. The summed E-state index contributed by atoms with van der Waals surface area (Å²) < 4.78 is 0. The minimum Gasteiger partial charge on any atom is -0.508 e. The number of nitrogens with zero attached hydrogens (tertiary/aromatic N) is 1. The molecule has 3 heteroatoms. The first kappa shape index (κ1) is 9.34. The summed E-state index contributed by atoms with van der Waals surface area (Å²) in [6.45, 7) is 4.75. The molecule has 1 unspecified atom stereocenters. The standard InChI is InChI=1S/C11H16N2O/c1-2-13-7-8(6-12)10-5-9(14)3-4-11(10)13/h3-5,8,14H,2,6-7,12H2,1H3. The molecule has 0 saturated carbocycles. The van der Waals surface area contributed by atoms with Gasteiger partial charge in [0.1, 0.15) is 5.75 Å². The molecule has 0 radical (unpaired) electrons. The van der Waals surface area contributed by atoms with Crippen molar-refractivity contribution in [3.05, 3.63) is 23.8 Å². The second-order valence-corrected chi connectivity index (χ2v) is 3.71. The van der Waals surface area contributed by atoms with Crippen molar-refractivity contribution in [2.75, 3.05) is 24.5 Å².